The van der Waals surface area contributed by atoms with E-state index >= 15 is 0 Å². The van der Waals surface area contributed by atoms with Crippen molar-refractivity contribution in [2.75, 3.05) is 7.11 Å². The number of aromatic amines is 1. The van der Waals surface area contributed by atoms with E-state index in [-0.39, 0.29) is 5.69 Å². The number of aromatic nitrogens is 2. The minimum atomic E-state index is -0.201. The fraction of sp³-hybridized carbons (Fsp3) is 0.0833. The van der Waals surface area contributed by atoms with Crippen LogP contribution in [0.5, 0.6) is 5.75 Å². The molecule has 0 unspecified atom stereocenters. The fourth-order valence-electron chi connectivity index (χ4n) is 1.92. The highest BCUT2D eigenvalue weighted by Crippen LogP contribution is 2.29. The fourth-order valence-corrected chi connectivity index (χ4v) is 2.96. The maximum atomic E-state index is 12.0. The molecule has 2 heterocycles. The molecule has 6 heteroatoms. The number of halogens is 1. The zero-order valence-corrected chi connectivity index (χ0v) is 11.0. The molecule has 0 saturated heterocycles. The number of ether oxygens (including phenoxy) is 1. The topological polar surface area (TPSA) is 47.0 Å². The van der Waals surface area contributed by atoms with Gasteiger partial charge >= 0.3 is 5.69 Å². The second kappa shape index (κ2) is 4.19. The molecule has 3 rings (SSSR count). The van der Waals surface area contributed by atoms with Gasteiger partial charge in [0, 0.05) is 0 Å². The SMILES string of the molecule is COc1cccc2c1[nH]c(=O)n2-c1ccc(Cl)s1. The van der Waals surface area contributed by atoms with Crippen molar-refractivity contribution in [2.45, 2.75) is 0 Å². The molecule has 18 heavy (non-hydrogen) atoms. The molecule has 2 aromatic heterocycles. The molecule has 1 N–H and O–H groups in total. The van der Waals surface area contributed by atoms with Crippen LogP contribution in [0.1, 0.15) is 0 Å². The van der Waals surface area contributed by atoms with Crippen molar-refractivity contribution in [3.63, 3.8) is 0 Å². The lowest BCUT2D eigenvalue weighted by Crippen LogP contribution is -2.13. The minimum absolute atomic E-state index is 0.201. The maximum absolute atomic E-state index is 12.0. The Hall–Kier alpha value is -1.72. The van der Waals surface area contributed by atoms with Crippen LogP contribution in [-0.2, 0) is 0 Å². The molecule has 0 aliphatic heterocycles. The first kappa shape index (κ1) is 11.4. The first-order chi connectivity index (χ1) is 8.70. The molecule has 0 aliphatic carbocycles. The van der Waals surface area contributed by atoms with Crippen LogP contribution in [0.4, 0.5) is 0 Å². The quantitative estimate of drug-likeness (QED) is 0.784. The number of nitrogens with one attached hydrogen (secondary N) is 1. The summed E-state index contributed by atoms with van der Waals surface area (Å²) in [5, 5.41) is 0.782. The van der Waals surface area contributed by atoms with E-state index in [1.807, 2.05) is 24.3 Å². The molecular formula is C12H9ClN2O2S. The summed E-state index contributed by atoms with van der Waals surface area (Å²) in [6.45, 7) is 0. The normalized spacial score (nSPS) is 11.0. The van der Waals surface area contributed by atoms with Crippen LogP contribution in [-0.4, -0.2) is 16.7 Å². The second-order valence-corrected chi connectivity index (χ2v) is 5.39. The van der Waals surface area contributed by atoms with Gasteiger partial charge < -0.3 is 9.72 Å². The van der Waals surface area contributed by atoms with E-state index in [9.17, 15) is 4.79 Å². The molecule has 0 fully saturated rings. The lowest BCUT2D eigenvalue weighted by molar-refractivity contribution is 0.419. The van der Waals surface area contributed by atoms with Crippen molar-refractivity contribution in [3.8, 4) is 10.8 Å². The number of imidazole rings is 1. The van der Waals surface area contributed by atoms with Crippen molar-refractivity contribution < 1.29 is 4.74 Å². The van der Waals surface area contributed by atoms with E-state index in [4.69, 9.17) is 16.3 Å². The standard InChI is InChI=1S/C12H9ClN2O2S/c1-17-8-4-2-3-7-11(8)14-12(16)15(7)10-6-5-9(13)18-10/h2-6H,1H3,(H,14,16). The first-order valence-electron chi connectivity index (χ1n) is 5.24. The number of nitrogens with zero attached hydrogens (tertiary/aromatic N) is 1. The lowest BCUT2D eigenvalue weighted by atomic mass is 10.3. The van der Waals surface area contributed by atoms with Gasteiger partial charge in [0.15, 0.2) is 0 Å². The average molecular weight is 281 g/mol. The van der Waals surface area contributed by atoms with Gasteiger partial charge in [-0.15, -0.1) is 11.3 Å². The Bertz CT molecular complexity index is 772. The molecule has 0 saturated carbocycles. The lowest BCUT2D eigenvalue weighted by Gasteiger charge is -2.02. The van der Waals surface area contributed by atoms with Crippen molar-refractivity contribution in [2.24, 2.45) is 0 Å². The molecule has 0 bridgehead atoms. The highest BCUT2D eigenvalue weighted by molar-refractivity contribution is 7.18. The predicted molar refractivity (Wildman–Crippen MR) is 73.3 cm³/mol. The van der Waals surface area contributed by atoms with Crippen molar-refractivity contribution in [3.05, 3.63) is 45.2 Å². The van der Waals surface area contributed by atoms with Crippen LogP contribution in [0.15, 0.2) is 35.1 Å². The number of methoxy groups -OCH3 is 1. The third kappa shape index (κ3) is 1.63. The Morgan fingerprint density at radius 2 is 2.17 bits per heavy atom. The molecule has 92 valence electrons. The Morgan fingerprint density at radius 1 is 1.33 bits per heavy atom. The first-order valence-corrected chi connectivity index (χ1v) is 6.43. The second-order valence-electron chi connectivity index (χ2n) is 3.70. The van der Waals surface area contributed by atoms with Gasteiger partial charge in [0.05, 0.1) is 17.0 Å². The molecule has 0 atom stereocenters. The van der Waals surface area contributed by atoms with E-state index in [2.05, 4.69) is 4.98 Å². The molecule has 0 amide bonds. The van der Waals surface area contributed by atoms with Gasteiger partial charge in [-0.1, -0.05) is 17.7 Å². The van der Waals surface area contributed by atoms with Gasteiger partial charge in [-0.25, -0.2) is 4.79 Å². The molecule has 3 aromatic rings. The largest absolute Gasteiger partial charge is 0.494 e. The Labute approximate surface area is 111 Å². The van der Waals surface area contributed by atoms with Crippen molar-refractivity contribution in [1.29, 1.82) is 0 Å². The summed E-state index contributed by atoms with van der Waals surface area (Å²) in [7, 11) is 1.58. The van der Waals surface area contributed by atoms with Crippen LogP contribution in [0, 0.1) is 0 Å². The van der Waals surface area contributed by atoms with Gasteiger partial charge in [0.1, 0.15) is 16.3 Å². The number of para-hydroxylation sites is 1. The third-order valence-electron chi connectivity index (χ3n) is 2.68. The van der Waals surface area contributed by atoms with Gasteiger partial charge in [0.25, 0.3) is 0 Å². The summed E-state index contributed by atoms with van der Waals surface area (Å²) in [5.41, 5.74) is 1.26. The molecule has 1 aromatic carbocycles. The number of rotatable bonds is 2. The highest BCUT2D eigenvalue weighted by Gasteiger charge is 2.13. The number of hydrogen-bond donors (Lipinski definition) is 1. The Morgan fingerprint density at radius 3 is 2.83 bits per heavy atom. The summed E-state index contributed by atoms with van der Waals surface area (Å²) in [6.07, 6.45) is 0. The smallest absolute Gasteiger partial charge is 0.331 e. The summed E-state index contributed by atoms with van der Waals surface area (Å²) in [6, 6.07) is 9.11. The number of fused-ring (bicyclic) bond motifs is 1. The van der Waals surface area contributed by atoms with Gasteiger partial charge in [-0.3, -0.25) is 4.57 Å². The van der Waals surface area contributed by atoms with Crippen LogP contribution < -0.4 is 10.4 Å². The predicted octanol–water partition coefficient (Wildman–Crippen LogP) is 3.04. The zero-order chi connectivity index (χ0) is 12.7. The Balaban J connectivity index is 2.36. The van der Waals surface area contributed by atoms with Crippen LogP contribution in [0.2, 0.25) is 4.34 Å². The van der Waals surface area contributed by atoms with E-state index in [1.165, 1.54) is 11.3 Å². The number of H-pyrrole nitrogens is 1. The maximum Gasteiger partial charge on any atom is 0.331 e. The monoisotopic (exact) mass is 280 g/mol. The van der Waals surface area contributed by atoms with Crippen molar-refractivity contribution in [1.82, 2.24) is 9.55 Å². The molecule has 0 radical (unpaired) electrons. The number of thiophene rings is 1. The average Bonchev–Trinajstić information content (AvgIpc) is 2.91. The van der Waals surface area contributed by atoms with E-state index in [0.717, 1.165) is 10.5 Å². The zero-order valence-electron chi connectivity index (χ0n) is 9.44. The van der Waals surface area contributed by atoms with Gasteiger partial charge in [-0.2, -0.15) is 0 Å². The van der Waals surface area contributed by atoms with E-state index < -0.39 is 0 Å². The Kier molecular flexibility index (Phi) is 2.65. The van der Waals surface area contributed by atoms with E-state index in [1.54, 1.807) is 17.7 Å². The van der Waals surface area contributed by atoms with Gasteiger partial charge in [-0.05, 0) is 24.3 Å². The van der Waals surface area contributed by atoms with Gasteiger partial charge in [0.2, 0.25) is 0 Å². The minimum Gasteiger partial charge on any atom is -0.494 e. The summed E-state index contributed by atoms with van der Waals surface area (Å²) in [5.74, 6) is 0.644. The summed E-state index contributed by atoms with van der Waals surface area (Å²) >= 11 is 7.26. The third-order valence-corrected chi connectivity index (χ3v) is 3.90. The van der Waals surface area contributed by atoms with Crippen LogP contribution >= 0.6 is 22.9 Å². The summed E-state index contributed by atoms with van der Waals surface area (Å²) < 4.78 is 7.47. The van der Waals surface area contributed by atoms with Crippen LogP contribution in [0.25, 0.3) is 16.0 Å². The number of benzene rings is 1. The van der Waals surface area contributed by atoms with E-state index in [0.29, 0.717) is 15.6 Å². The molecule has 0 spiro atoms. The van der Waals surface area contributed by atoms with Crippen LogP contribution in [0.3, 0.4) is 0 Å². The molecular weight excluding hydrogens is 272 g/mol. The summed E-state index contributed by atoms with van der Waals surface area (Å²) in [4.78, 5) is 14.8. The van der Waals surface area contributed by atoms with Crippen molar-refractivity contribution >= 4 is 34.0 Å². The molecule has 0 aliphatic rings. The molecule has 4 nitrogen and oxygen atoms in total. The highest BCUT2D eigenvalue weighted by atomic mass is 35.5. The number of hydrogen-bond acceptors (Lipinski definition) is 3.